The molecule has 3 aliphatic heterocycles. The van der Waals surface area contributed by atoms with Gasteiger partial charge in [-0.3, -0.25) is 20.7 Å². The van der Waals surface area contributed by atoms with Gasteiger partial charge in [-0.1, -0.05) is 39.0 Å². The molecule has 1 amide bonds. The highest BCUT2D eigenvalue weighted by molar-refractivity contribution is 7.90. The first kappa shape index (κ1) is 26.5. The number of carbonyl (C=O) groups is 1. The lowest BCUT2D eigenvalue weighted by atomic mass is 9.88. The zero-order chi connectivity index (χ0) is 25.4. The van der Waals surface area contributed by atoms with Crippen molar-refractivity contribution in [1.29, 1.82) is 0 Å². The highest BCUT2D eigenvalue weighted by Crippen LogP contribution is 2.29. The number of hydrogen-bond acceptors (Lipinski definition) is 7. The topological polar surface area (TPSA) is 121 Å². The molecule has 0 aliphatic carbocycles. The summed E-state index contributed by atoms with van der Waals surface area (Å²) in [6, 6.07) is 5.36. The second-order valence-corrected chi connectivity index (χ2v) is 13.3. The van der Waals surface area contributed by atoms with Gasteiger partial charge >= 0.3 is 0 Å². The van der Waals surface area contributed by atoms with E-state index in [1.807, 2.05) is 6.07 Å². The van der Waals surface area contributed by atoms with E-state index in [1.165, 1.54) is 0 Å². The Morgan fingerprint density at radius 3 is 2.43 bits per heavy atom. The standard InChI is InChI=1S/C25H41N5O4S/c1-15-8-6-9-16(2)22(15)19-12-20-29-24(28-19)30-35(32,33)21-11-7-10-18(27-21)23(31)26-17(14-34-20)13-25(3,4)5/h6,8-9,17-21,24,27-30H,7,10-14H2,1-5H3,(H,26,31)/t17-,18?,19?,20?,21?,24?/m1/s1. The third-order valence-corrected chi connectivity index (χ3v) is 8.77. The summed E-state index contributed by atoms with van der Waals surface area (Å²) in [6.07, 6.45) is 2.02. The van der Waals surface area contributed by atoms with Crippen LogP contribution < -0.4 is 26.0 Å². The van der Waals surface area contributed by atoms with E-state index < -0.39 is 27.7 Å². The number of sulfonamides is 1. The molecule has 35 heavy (non-hydrogen) atoms. The first-order valence-electron chi connectivity index (χ1n) is 12.7. The zero-order valence-corrected chi connectivity index (χ0v) is 22.3. The number of fused-ring (bicyclic) bond motifs is 4. The van der Waals surface area contributed by atoms with Gasteiger partial charge in [0.15, 0.2) is 0 Å². The Morgan fingerprint density at radius 2 is 1.74 bits per heavy atom. The van der Waals surface area contributed by atoms with Gasteiger partial charge in [-0.05, 0) is 61.6 Å². The van der Waals surface area contributed by atoms with Crippen molar-refractivity contribution in [2.24, 2.45) is 5.41 Å². The van der Waals surface area contributed by atoms with Crippen LogP contribution >= 0.6 is 0 Å². The molecule has 0 saturated carbocycles. The van der Waals surface area contributed by atoms with Crippen molar-refractivity contribution in [1.82, 2.24) is 26.0 Å². The smallest absolute Gasteiger partial charge is 0.237 e. The average Bonchev–Trinajstić information content (AvgIpc) is 2.76. The molecule has 3 fully saturated rings. The number of benzene rings is 1. The monoisotopic (exact) mass is 507 g/mol. The largest absolute Gasteiger partial charge is 0.361 e. The van der Waals surface area contributed by atoms with Crippen LogP contribution in [0.5, 0.6) is 0 Å². The number of aryl methyl sites for hydroxylation is 2. The van der Waals surface area contributed by atoms with Crippen molar-refractivity contribution in [3.05, 3.63) is 34.9 Å². The fraction of sp³-hybridized carbons (Fsp3) is 0.720. The van der Waals surface area contributed by atoms with Crippen molar-refractivity contribution >= 4 is 15.9 Å². The minimum atomic E-state index is -3.76. The molecule has 196 valence electrons. The summed E-state index contributed by atoms with van der Waals surface area (Å²) in [6.45, 7) is 10.9. The van der Waals surface area contributed by atoms with E-state index in [1.54, 1.807) is 0 Å². The summed E-state index contributed by atoms with van der Waals surface area (Å²) in [4.78, 5) is 13.1. The summed E-state index contributed by atoms with van der Waals surface area (Å²) in [5.41, 5.74) is 3.45. The van der Waals surface area contributed by atoms with Crippen molar-refractivity contribution in [2.75, 3.05) is 6.61 Å². The van der Waals surface area contributed by atoms with E-state index in [4.69, 9.17) is 4.74 Å². The normalized spacial score (nSPS) is 34.1. The Bertz CT molecular complexity index is 1000. The van der Waals surface area contributed by atoms with Gasteiger partial charge in [0.25, 0.3) is 0 Å². The molecular weight excluding hydrogens is 466 g/mol. The van der Waals surface area contributed by atoms with Gasteiger partial charge in [-0.2, -0.15) is 4.72 Å². The van der Waals surface area contributed by atoms with Crippen LogP contribution in [0.3, 0.4) is 0 Å². The highest BCUT2D eigenvalue weighted by Gasteiger charge is 2.39. The molecule has 0 aromatic heterocycles. The third kappa shape index (κ3) is 6.61. The molecule has 10 heteroatoms. The van der Waals surface area contributed by atoms with Crippen molar-refractivity contribution in [3.63, 3.8) is 0 Å². The molecule has 1 aromatic rings. The number of amides is 1. The number of carbonyl (C=O) groups excluding carboxylic acids is 1. The van der Waals surface area contributed by atoms with Gasteiger partial charge in [0.1, 0.15) is 17.9 Å². The Hall–Kier alpha value is -1.56. The molecule has 3 saturated heterocycles. The Morgan fingerprint density at radius 1 is 1.03 bits per heavy atom. The molecule has 3 aliphatic rings. The van der Waals surface area contributed by atoms with E-state index in [2.05, 4.69) is 72.7 Å². The fourth-order valence-electron chi connectivity index (χ4n) is 5.57. The molecule has 5 N–H and O–H groups in total. The maximum atomic E-state index is 13.3. The summed E-state index contributed by atoms with van der Waals surface area (Å²) in [5, 5.41) is 12.1. The van der Waals surface area contributed by atoms with E-state index in [9.17, 15) is 13.2 Å². The predicted octanol–water partition coefficient (Wildman–Crippen LogP) is 1.88. The predicted molar refractivity (Wildman–Crippen MR) is 136 cm³/mol. The second-order valence-electron chi connectivity index (χ2n) is 11.5. The molecule has 4 rings (SSSR count). The molecule has 0 spiro atoms. The summed E-state index contributed by atoms with van der Waals surface area (Å²) < 4.78 is 35.8. The second kappa shape index (κ2) is 10.4. The van der Waals surface area contributed by atoms with Crippen LogP contribution in [0.1, 0.15) is 75.6 Å². The van der Waals surface area contributed by atoms with E-state index in [0.717, 1.165) is 23.1 Å². The van der Waals surface area contributed by atoms with Gasteiger partial charge in [0.05, 0.1) is 18.7 Å². The zero-order valence-electron chi connectivity index (χ0n) is 21.5. The SMILES string of the molecule is Cc1cccc(C)c1C1CC2NC(N1)NS(=O)(=O)C1CCCC(N1)C(=O)N[C@H](CC(C)(C)C)CO2. The van der Waals surface area contributed by atoms with Crippen molar-refractivity contribution < 1.29 is 17.9 Å². The van der Waals surface area contributed by atoms with Crippen LogP contribution in [0.4, 0.5) is 0 Å². The average molecular weight is 508 g/mol. The number of hydrogen-bond donors (Lipinski definition) is 5. The summed E-state index contributed by atoms with van der Waals surface area (Å²) in [5.74, 6) is -0.163. The van der Waals surface area contributed by atoms with Gasteiger partial charge in [-0.25, -0.2) is 8.42 Å². The lowest BCUT2D eigenvalue weighted by Gasteiger charge is -2.39. The van der Waals surface area contributed by atoms with Crippen LogP contribution in [0.15, 0.2) is 18.2 Å². The molecular formula is C25H41N5O4S. The quantitative estimate of drug-likeness (QED) is 0.414. The van der Waals surface area contributed by atoms with Gasteiger partial charge in [0.2, 0.25) is 15.9 Å². The lowest BCUT2D eigenvalue weighted by Crippen LogP contribution is -2.65. The summed E-state index contributed by atoms with van der Waals surface area (Å²) >= 11 is 0. The molecule has 1 aromatic carbocycles. The lowest BCUT2D eigenvalue weighted by molar-refractivity contribution is -0.125. The molecule has 9 nitrogen and oxygen atoms in total. The first-order chi connectivity index (χ1) is 16.4. The minimum Gasteiger partial charge on any atom is -0.361 e. The van der Waals surface area contributed by atoms with Crippen LogP contribution in [0.25, 0.3) is 0 Å². The fourth-order valence-corrected chi connectivity index (χ4v) is 7.02. The van der Waals surface area contributed by atoms with Gasteiger partial charge in [0, 0.05) is 12.5 Å². The number of piperidine rings is 1. The number of nitrogens with one attached hydrogen (secondary N) is 5. The van der Waals surface area contributed by atoms with Gasteiger partial charge in [-0.15, -0.1) is 0 Å². The number of rotatable bonds is 2. The molecule has 6 atom stereocenters. The van der Waals surface area contributed by atoms with Crippen LogP contribution in [-0.4, -0.2) is 50.9 Å². The first-order valence-corrected chi connectivity index (χ1v) is 14.2. The van der Waals surface area contributed by atoms with Crippen LogP contribution in [0.2, 0.25) is 0 Å². The number of ether oxygens (including phenoxy) is 1. The Labute approximate surface area is 209 Å². The van der Waals surface area contributed by atoms with Crippen molar-refractivity contribution in [2.45, 2.75) is 103 Å². The van der Waals surface area contributed by atoms with Crippen molar-refractivity contribution in [3.8, 4) is 0 Å². The van der Waals surface area contributed by atoms with Crippen LogP contribution in [0, 0.1) is 19.3 Å². The highest BCUT2D eigenvalue weighted by atomic mass is 32.2. The van der Waals surface area contributed by atoms with E-state index >= 15 is 0 Å². The molecule has 3 heterocycles. The van der Waals surface area contributed by atoms with E-state index in [-0.39, 0.29) is 29.6 Å². The summed E-state index contributed by atoms with van der Waals surface area (Å²) in [7, 11) is -3.76. The Balaban J connectivity index is 1.65. The maximum absolute atomic E-state index is 13.3. The van der Waals surface area contributed by atoms with Gasteiger partial charge < -0.3 is 10.1 Å². The third-order valence-electron chi connectivity index (χ3n) is 7.08. The maximum Gasteiger partial charge on any atom is 0.237 e. The molecule has 4 bridgehead atoms. The molecule has 5 unspecified atom stereocenters. The minimum absolute atomic E-state index is 0.00638. The van der Waals surface area contributed by atoms with Crippen LogP contribution in [-0.2, 0) is 19.6 Å². The molecule has 0 radical (unpaired) electrons. The van der Waals surface area contributed by atoms with E-state index in [0.29, 0.717) is 32.3 Å². The Kier molecular flexibility index (Phi) is 7.90.